The fourth-order valence-electron chi connectivity index (χ4n) is 9.96. The van der Waals surface area contributed by atoms with Crippen LogP contribution in [0.15, 0.2) is 0 Å². The monoisotopic (exact) mass is 474 g/mol. The second-order valence-electron chi connectivity index (χ2n) is 12.9. The van der Waals surface area contributed by atoms with Crippen LogP contribution < -0.4 is 0 Å². The van der Waals surface area contributed by atoms with Crippen molar-refractivity contribution in [1.29, 1.82) is 0 Å². The van der Waals surface area contributed by atoms with Gasteiger partial charge in [0.25, 0.3) is 0 Å². The number of carbonyl (C=O) groups is 3. The highest BCUT2D eigenvalue weighted by Gasteiger charge is 2.71. The first-order valence-corrected chi connectivity index (χ1v) is 13.2. The molecule has 0 aromatic rings. The lowest BCUT2D eigenvalue weighted by molar-refractivity contribution is -0.221. The van der Waals surface area contributed by atoms with Gasteiger partial charge in [-0.15, -0.1) is 0 Å². The summed E-state index contributed by atoms with van der Waals surface area (Å²) in [5.41, 5.74) is -1.14. The smallest absolute Gasteiger partial charge is 0.311 e. The number of fused-ring (bicyclic) bond motifs is 7. The summed E-state index contributed by atoms with van der Waals surface area (Å²) in [7, 11) is 0. The molecule has 34 heavy (non-hydrogen) atoms. The molecular formula is C27H38O7. The topological polar surface area (TPSA) is 88.1 Å². The Morgan fingerprint density at radius 3 is 2.59 bits per heavy atom. The van der Waals surface area contributed by atoms with Crippen LogP contribution in [0.25, 0.3) is 0 Å². The van der Waals surface area contributed by atoms with Crippen LogP contribution in [-0.2, 0) is 33.3 Å². The maximum absolute atomic E-state index is 12.2. The van der Waals surface area contributed by atoms with E-state index in [4.69, 9.17) is 18.9 Å². The predicted molar refractivity (Wildman–Crippen MR) is 120 cm³/mol. The summed E-state index contributed by atoms with van der Waals surface area (Å²) >= 11 is 0. The average molecular weight is 475 g/mol. The number of aldehydes is 1. The molecule has 6 rings (SSSR count). The third-order valence-corrected chi connectivity index (χ3v) is 11.3. The molecule has 0 aromatic heterocycles. The SMILES string of the molecule is CC(=O)O[C@@H]1C[C@@H]2[C@H](CC[C@H]3[C@@]2(C)CC[C@@H]2[C@]3(C)CCC[C@]2(C)C=O)[C@@H]2O[C@H]3OC(=O)C[C@@]31O2. The Morgan fingerprint density at radius 1 is 1.06 bits per heavy atom. The van der Waals surface area contributed by atoms with Gasteiger partial charge in [0.1, 0.15) is 12.4 Å². The van der Waals surface area contributed by atoms with Crippen molar-refractivity contribution in [1.82, 2.24) is 0 Å². The van der Waals surface area contributed by atoms with Gasteiger partial charge >= 0.3 is 11.9 Å². The minimum absolute atomic E-state index is 0.0283. The molecule has 3 saturated carbocycles. The van der Waals surface area contributed by atoms with Crippen molar-refractivity contribution in [2.24, 2.45) is 39.9 Å². The van der Waals surface area contributed by atoms with Crippen LogP contribution in [0.2, 0.25) is 0 Å². The van der Waals surface area contributed by atoms with Crippen LogP contribution in [0.3, 0.4) is 0 Å². The van der Waals surface area contributed by atoms with E-state index >= 15 is 0 Å². The van der Waals surface area contributed by atoms with Crippen molar-refractivity contribution in [2.75, 3.05) is 0 Å². The van der Waals surface area contributed by atoms with E-state index in [1.54, 1.807) is 0 Å². The lowest BCUT2D eigenvalue weighted by atomic mass is 9.38. The summed E-state index contributed by atoms with van der Waals surface area (Å²) in [6, 6.07) is 0. The lowest BCUT2D eigenvalue weighted by Crippen LogP contribution is -2.61. The predicted octanol–water partition coefficient (Wildman–Crippen LogP) is 4.16. The van der Waals surface area contributed by atoms with Gasteiger partial charge < -0.3 is 23.7 Å². The van der Waals surface area contributed by atoms with Gasteiger partial charge in [-0.1, -0.05) is 27.2 Å². The number of esters is 2. The summed E-state index contributed by atoms with van der Waals surface area (Å²) in [6.45, 7) is 8.46. The molecule has 2 bridgehead atoms. The molecule has 11 atom stereocenters. The van der Waals surface area contributed by atoms with E-state index in [-0.39, 0.29) is 46.4 Å². The number of carbonyl (C=O) groups excluding carboxylic acids is 3. The molecule has 3 saturated heterocycles. The normalized spacial score (nSPS) is 55.6. The minimum atomic E-state index is -1.04. The fourth-order valence-corrected chi connectivity index (χ4v) is 9.96. The molecule has 6 fully saturated rings. The van der Waals surface area contributed by atoms with Crippen molar-refractivity contribution in [2.45, 2.75) is 110 Å². The molecule has 1 spiro atoms. The van der Waals surface area contributed by atoms with Gasteiger partial charge in [0, 0.05) is 18.3 Å². The number of ether oxygens (including phenoxy) is 4. The van der Waals surface area contributed by atoms with Gasteiger partial charge in [-0.05, 0) is 73.5 Å². The molecule has 3 aliphatic carbocycles. The van der Waals surface area contributed by atoms with Gasteiger partial charge in [-0.3, -0.25) is 9.59 Å². The molecule has 0 aromatic carbocycles. The van der Waals surface area contributed by atoms with E-state index in [2.05, 4.69) is 20.8 Å². The first kappa shape index (κ1) is 23.0. The van der Waals surface area contributed by atoms with Crippen molar-refractivity contribution in [3.63, 3.8) is 0 Å². The van der Waals surface area contributed by atoms with Crippen LogP contribution in [0, 0.1) is 39.9 Å². The third-order valence-electron chi connectivity index (χ3n) is 11.3. The second-order valence-corrected chi connectivity index (χ2v) is 12.9. The summed E-state index contributed by atoms with van der Waals surface area (Å²) < 4.78 is 24.1. The number of hydrogen-bond acceptors (Lipinski definition) is 7. The fraction of sp³-hybridized carbons (Fsp3) is 0.889. The Bertz CT molecular complexity index is 919. The van der Waals surface area contributed by atoms with E-state index in [9.17, 15) is 14.4 Å². The van der Waals surface area contributed by atoms with Crippen LogP contribution in [0.1, 0.15) is 85.5 Å². The van der Waals surface area contributed by atoms with Gasteiger partial charge in [0.2, 0.25) is 6.29 Å². The Morgan fingerprint density at radius 2 is 1.85 bits per heavy atom. The summed E-state index contributed by atoms with van der Waals surface area (Å²) in [6.07, 6.45) is 7.53. The molecule has 0 radical (unpaired) electrons. The van der Waals surface area contributed by atoms with Gasteiger partial charge in [-0.2, -0.15) is 0 Å². The molecule has 6 aliphatic rings. The molecule has 0 unspecified atom stereocenters. The second kappa shape index (κ2) is 7.28. The van der Waals surface area contributed by atoms with Crippen molar-refractivity contribution >= 4 is 18.2 Å². The zero-order valence-electron chi connectivity index (χ0n) is 20.8. The van der Waals surface area contributed by atoms with Crippen LogP contribution >= 0.6 is 0 Å². The molecule has 0 N–H and O–H groups in total. The van der Waals surface area contributed by atoms with Crippen LogP contribution in [0.4, 0.5) is 0 Å². The summed E-state index contributed by atoms with van der Waals surface area (Å²) in [5, 5.41) is 0. The van der Waals surface area contributed by atoms with Crippen LogP contribution in [0.5, 0.6) is 0 Å². The zero-order chi connectivity index (χ0) is 24.1. The molecule has 7 heteroatoms. The lowest BCUT2D eigenvalue weighted by Gasteiger charge is -2.66. The van der Waals surface area contributed by atoms with E-state index in [1.165, 1.54) is 13.2 Å². The zero-order valence-corrected chi connectivity index (χ0v) is 20.8. The summed E-state index contributed by atoms with van der Waals surface area (Å²) in [4.78, 5) is 36.6. The Hall–Kier alpha value is -1.47. The molecule has 3 heterocycles. The van der Waals surface area contributed by atoms with Crippen molar-refractivity contribution in [3.8, 4) is 0 Å². The first-order valence-electron chi connectivity index (χ1n) is 13.2. The molecule has 7 nitrogen and oxygen atoms in total. The van der Waals surface area contributed by atoms with E-state index < -0.39 is 24.3 Å². The Kier molecular flexibility index (Phi) is 4.92. The highest BCUT2D eigenvalue weighted by Crippen LogP contribution is 2.71. The van der Waals surface area contributed by atoms with Gasteiger partial charge in [0.15, 0.2) is 11.9 Å². The van der Waals surface area contributed by atoms with E-state index in [0.717, 1.165) is 44.9 Å². The van der Waals surface area contributed by atoms with Crippen molar-refractivity contribution < 1.29 is 33.3 Å². The van der Waals surface area contributed by atoms with Gasteiger partial charge in [0.05, 0.1) is 6.42 Å². The maximum Gasteiger partial charge on any atom is 0.311 e. The summed E-state index contributed by atoms with van der Waals surface area (Å²) in [5.74, 6) is 0.582. The highest BCUT2D eigenvalue weighted by atomic mass is 16.8. The molecule has 188 valence electrons. The Labute approximate surface area is 201 Å². The molecule has 0 amide bonds. The first-order chi connectivity index (χ1) is 16.1. The standard InChI is InChI=1S/C27H38O7/c1-15(29)31-20-12-17-16(22-33-23-27(20,34-22)13-21(30)32-23)6-7-19-25(17,3)11-8-18-24(2,14-28)9-5-10-26(18,19)4/h14,16-20,22-23H,5-13H2,1-4H3/t16-,17+,18-,19-,20+,22+,23+,24+,25-,26-,27-/m0/s1. The average Bonchev–Trinajstić information content (AvgIpc) is 3.21. The Balaban J connectivity index is 1.38. The minimum Gasteiger partial charge on any atom is -0.459 e. The quantitative estimate of drug-likeness (QED) is 0.439. The van der Waals surface area contributed by atoms with E-state index in [1.807, 2.05) is 0 Å². The molecular weight excluding hydrogens is 436 g/mol. The van der Waals surface area contributed by atoms with Crippen LogP contribution in [-0.4, -0.2) is 42.5 Å². The highest BCUT2D eigenvalue weighted by molar-refractivity contribution is 5.74. The van der Waals surface area contributed by atoms with Gasteiger partial charge in [-0.25, -0.2) is 0 Å². The largest absolute Gasteiger partial charge is 0.459 e. The van der Waals surface area contributed by atoms with Crippen molar-refractivity contribution in [3.05, 3.63) is 0 Å². The van der Waals surface area contributed by atoms with E-state index in [0.29, 0.717) is 18.3 Å². The third kappa shape index (κ3) is 2.86. The number of rotatable bonds is 2. The molecule has 3 aliphatic heterocycles. The maximum atomic E-state index is 12.2. The number of hydrogen-bond donors (Lipinski definition) is 0.